The number of aromatic nitrogens is 2. The number of nitrogens with zero attached hydrogens (tertiary/aromatic N) is 2. The molecule has 1 heterocycles. The second-order valence-corrected chi connectivity index (χ2v) is 5.55. The third kappa shape index (κ3) is 3.78. The number of carbonyl (C=O) groups is 2. The second kappa shape index (κ2) is 6.81. The van der Waals surface area contributed by atoms with Crippen molar-refractivity contribution in [1.29, 1.82) is 0 Å². The Morgan fingerprint density at radius 1 is 1.36 bits per heavy atom. The van der Waals surface area contributed by atoms with Gasteiger partial charge in [-0.15, -0.1) is 0 Å². The molecule has 1 aromatic heterocycles. The Bertz CT molecular complexity index is 694. The first-order chi connectivity index (χ1) is 10.4. The molecule has 3 N–H and O–H groups in total. The lowest BCUT2D eigenvalue weighted by molar-refractivity contribution is -0.119. The number of nitrogens with two attached hydrogens (primary N) is 1. The van der Waals surface area contributed by atoms with E-state index in [1.54, 1.807) is 25.1 Å². The van der Waals surface area contributed by atoms with Crippen LogP contribution in [0.15, 0.2) is 30.6 Å². The number of nitrogens with one attached hydrogen (secondary N) is 1. The van der Waals surface area contributed by atoms with Crippen molar-refractivity contribution in [3.05, 3.63) is 46.2 Å². The normalized spacial score (nSPS) is 12.0. The van der Waals surface area contributed by atoms with Crippen molar-refractivity contribution < 1.29 is 9.59 Å². The van der Waals surface area contributed by atoms with Crippen molar-refractivity contribution in [2.75, 3.05) is 5.32 Å². The summed E-state index contributed by atoms with van der Waals surface area (Å²) in [7, 11) is 0. The van der Waals surface area contributed by atoms with Crippen LogP contribution in [0.25, 0.3) is 0 Å². The van der Waals surface area contributed by atoms with Gasteiger partial charge in [0.05, 0.1) is 17.8 Å². The van der Waals surface area contributed by atoms with Gasteiger partial charge in [0.1, 0.15) is 6.54 Å². The number of carbonyl (C=O) groups excluding carboxylic acids is 2. The molecule has 0 aliphatic heterocycles. The van der Waals surface area contributed by atoms with Crippen LogP contribution in [0, 0.1) is 0 Å². The van der Waals surface area contributed by atoms with E-state index in [0.717, 1.165) is 0 Å². The smallest absolute Gasteiger partial charge is 0.239 e. The summed E-state index contributed by atoms with van der Waals surface area (Å²) >= 11 is 12.2. The number of hydrogen-bond acceptors (Lipinski definition) is 3. The Morgan fingerprint density at radius 2 is 2.00 bits per heavy atom. The Morgan fingerprint density at radius 3 is 2.59 bits per heavy atom. The summed E-state index contributed by atoms with van der Waals surface area (Å²) in [5.41, 5.74) is 6.10. The van der Waals surface area contributed by atoms with Gasteiger partial charge in [-0.05, 0) is 19.1 Å². The number of amides is 2. The van der Waals surface area contributed by atoms with Gasteiger partial charge in [-0.2, -0.15) is 5.10 Å². The molecule has 116 valence electrons. The van der Waals surface area contributed by atoms with Crippen LogP contribution in [0.4, 0.5) is 5.69 Å². The third-order valence-electron chi connectivity index (χ3n) is 3.04. The van der Waals surface area contributed by atoms with Gasteiger partial charge < -0.3 is 11.1 Å². The van der Waals surface area contributed by atoms with E-state index in [4.69, 9.17) is 28.9 Å². The summed E-state index contributed by atoms with van der Waals surface area (Å²) in [6, 6.07) is 5.07. The van der Waals surface area contributed by atoms with Gasteiger partial charge in [0, 0.05) is 21.8 Å². The topological polar surface area (TPSA) is 90.0 Å². The van der Waals surface area contributed by atoms with Crippen molar-refractivity contribution in [2.24, 2.45) is 5.73 Å². The van der Waals surface area contributed by atoms with Crippen LogP contribution >= 0.6 is 23.2 Å². The second-order valence-electron chi connectivity index (χ2n) is 4.74. The van der Waals surface area contributed by atoms with E-state index in [2.05, 4.69) is 10.4 Å². The fourth-order valence-corrected chi connectivity index (χ4v) is 2.71. The summed E-state index contributed by atoms with van der Waals surface area (Å²) in [4.78, 5) is 23.1. The summed E-state index contributed by atoms with van der Waals surface area (Å²) in [6.45, 7) is 1.65. The minimum absolute atomic E-state index is 0.0538. The summed E-state index contributed by atoms with van der Waals surface area (Å²) in [5, 5.41) is 7.48. The molecule has 0 saturated heterocycles. The number of hydrogen-bond donors (Lipinski definition) is 2. The first-order valence-corrected chi connectivity index (χ1v) is 7.19. The van der Waals surface area contributed by atoms with Gasteiger partial charge in [0.15, 0.2) is 0 Å². The highest BCUT2D eigenvalue weighted by atomic mass is 35.5. The Kier molecular flexibility index (Phi) is 5.05. The van der Waals surface area contributed by atoms with Crippen LogP contribution in [-0.2, 0) is 16.1 Å². The predicted octanol–water partition coefficient (Wildman–Crippen LogP) is 2.42. The zero-order valence-electron chi connectivity index (χ0n) is 11.7. The average Bonchev–Trinajstić information content (AvgIpc) is 2.84. The fourth-order valence-electron chi connectivity index (χ4n) is 1.98. The highest BCUT2D eigenvalue weighted by Crippen LogP contribution is 2.32. The Balaban J connectivity index is 2.11. The van der Waals surface area contributed by atoms with E-state index in [9.17, 15) is 9.59 Å². The van der Waals surface area contributed by atoms with Crippen LogP contribution in [-0.4, -0.2) is 21.6 Å². The van der Waals surface area contributed by atoms with Crippen molar-refractivity contribution in [3.63, 3.8) is 0 Å². The number of rotatable bonds is 5. The van der Waals surface area contributed by atoms with Gasteiger partial charge in [0.25, 0.3) is 0 Å². The first kappa shape index (κ1) is 16.3. The fraction of sp³-hybridized carbons (Fsp3) is 0.214. The number of anilines is 1. The predicted molar refractivity (Wildman–Crippen MR) is 84.9 cm³/mol. The van der Waals surface area contributed by atoms with Crippen LogP contribution < -0.4 is 11.1 Å². The lowest BCUT2D eigenvalue weighted by Gasteiger charge is -2.14. The monoisotopic (exact) mass is 340 g/mol. The average molecular weight is 341 g/mol. The molecule has 0 bridgehead atoms. The number of benzene rings is 1. The van der Waals surface area contributed by atoms with E-state index in [-0.39, 0.29) is 12.5 Å². The Hall–Kier alpha value is -2.05. The van der Waals surface area contributed by atoms with Crippen molar-refractivity contribution in [3.8, 4) is 0 Å². The summed E-state index contributed by atoms with van der Waals surface area (Å²) in [5.74, 6) is -1.34. The zero-order valence-corrected chi connectivity index (χ0v) is 13.2. The maximum absolute atomic E-state index is 12.3. The SMILES string of the molecule is C[C@H](C(=O)Nc1cnn(CC(N)=O)c1)c1c(Cl)cccc1Cl. The molecule has 0 aliphatic rings. The Labute approximate surface area is 137 Å². The van der Waals surface area contributed by atoms with Gasteiger partial charge in [-0.25, -0.2) is 0 Å². The van der Waals surface area contributed by atoms with Gasteiger partial charge in [-0.1, -0.05) is 29.3 Å². The van der Waals surface area contributed by atoms with Crippen LogP contribution in [0.3, 0.4) is 0 Å². The van der Waals surface area contributed by atoms with E-state index in [1.165, 1.54) is 17.1 Å². The molecule has 0 radical (unpaired) electrons. The quantitative estimate of drug-likeness (QED) is 0.875. The van der Waals surface area contributed by atoms with Gasteiger partial charge in [-0.3, -0.25) is 14.3 Å². The standard InChI is InChI=1S/C14H14Cl2N4O2/c1-8(13-10(15)3-2-4-11(13)16)14(22)19-9-5-18-20(6-9)7-12(17)21/h2-6,8H,7H2,1H3,(H2,17,21)(H,19,22)/t8-/m0/s1. The van der Waals surface area contributed by atoms with E-state index in [0.29, 0.717) is 21.3 Å². The number of halogens is 2. The van der Waals surface area contributed by atoms with E-state index >= 15 is 0 Å². The van der Waals surface area contributed by atoms with E-state index in [1.807, 2.05) is 0 Å². The number of primary amides is 1. The molecule has 1 atom stereocenters. The lowest BCUT2D eigenvalue weighted by atomic mass is 10.00. The molecule has 0 aliphatic carbocycles. The van der Waals surface area contributed by atoms with E-state index < -0.39 is 11.8 Å². The molecule has 2 rings (SSSR count). The van der Waals surface area contributed by atoms with Crippen molar-refractivity contribution in [1.82, 2.24) is 9.78 Å². The van der Waals surface area contributed by atoms with Crippen LogP contribution in [0.2, 0.25) is 10.0 Å². The molecule has 2 aromatic rings. The molecule has 0 fully saturated rings. The lowest BCUT2D eigenvalue weighted by Crippen LogP contribution is -2.20. The van der Waals surface area contributed by atoms with Crippen LogP contribution in [0.1, 0.15) is 18.4 Å². The minimum atomic E-state index is -0.541. The molecule has 0 unspecified atom stereocenters. The maximum Gasteiger partial charge on any atom is 0.239 e. The minimum Gasteiger partial charge on any atom is -0.368 e. The molecule has 0 saturated carbocycles. The highest BCUT2D eigenvalue weighted by Gasteiger charge is 2.21. The van der Waals surface area contributed by atoms with Crippen LogP contribution in [0.5, 0.6) is 0 Å². The summed E-state index contributed by atoms with van der Waals surface area (Å²) in [6.07, 6.45) is 2.95. The van der Waals surface area contributed by atoms with Crippen molar-refractivity contribution >= 4 is 40.7 Å². The largest absolute Gasteiger partial charge is 0.368 e. The zero-order chi connectivity index (χ0) is 16.3. The molecule has 1 aromatic carbocycles. The molecule has 22 heavy (non-hydrogen) atoms. The van der Waals surface area contributed by atoms with Crippen molar-refractivity contribution in [2.45, 2.75) is 19.4 Å². The molecule has 0 spiro atoms. The molecule has 8 heteroatoms. The van der Waals surface area contributed by atoms with Gasteiger partial charge in [0.2, 0.25) is 11.8 Å². The molecule has 6 nitrogen and oxygen atoms in total. The first-order valence-electron chi connectivity index (χ1n) is 6.44. The highest BCUT2D eigenvalue weighted by molar-refractivity contribution is 6.36. The summed E-state index contributed by atoms with van der Waals surface area (Å²) < 4.78 is 1.34. The molecule has 2 amide bonds. The molecular weight excluding hydrogens is 327 g/mol. The van der Waals surface area contributed by atoms with Gasteiger partial charge >= 0.3 is 0 Å². The molecular formula is C14H14Cl2N4O2. The maximum atomic E-state index is 12.3. The third-order valence-corrected chi connectivity index (χ3v) is 3.70.